The summed E-state index contributed by atoms with van der Waals surface area (Å²) in [6, 6.07) is 5.02. The largest absolute Gasteiger partial charge is 0.461 e. The van der Waals surface area contributed by atoms with Gasteiger partial charge in [0, 0.05) is 16.8 Å². The lowest BCUT2D eigenvalue weighted by molar-refractivity contribution is -0.120. The van der Waals surface area contributed by atoms with Crippen molar-refractivity contribution >= 4 is 23.8 Å². The second-order valence-electron chi connectivity index (χ2n) is 8.28. The molecule has 172 valence electrons. The Bertz CT molecular complexity index is 1050. The SMILES string of the molecule is CCOC(=O)c1[nH]c(C)c(C(=O)c2cccc(C(NC(=O)OC(C)(C)C)C(N)=O)c2)c1C. The van der Waals surface area contributed by atoms with E-state index in [-0.39, 0.29) is 23.6 Å². The van der Waals surface area contributed by atoms with E-state index in [1.165, 1.54) is 6.07 Å². The van der Waals surface area contributed by atoms with Crippen molar-refractivity contribution < 1.29 is 28.7 Å². The highest BCUT2D eigenvalue weighted by molar-refractivity contribution is 6.12. The molecule has 0 aliphatic rings. The molecule has 32 heavy (non-hydrogen) atoms. The number of alkyl carbamates (subject to hydrolysis) is 1. The number of nitrogens with two attached hydrogens (primary N) is 1. The molecule has 4 N–H and O–H groups in total. The number of benzene rings is 1. The number of ketones is 1. The predicted molar refractivity (Wildman–Crippen MR) is 117 cm³/mol. The minimum absolute atomic E-state index is 0.209. The van der Waals surface area contributed by atoms with E-state index >= 15 is 0 Å². The van der Waals surface area contributed by atoms with Gasteiger partial charge in [0.15, 0.2) is 5.78 Å². The summed E-state index contributed by atoms with van der Waals surface area (Å²) in [7, 11) is 0. The van der Waals surface area contributed by atoms with Gasteiger partial charge in [-0.05, 0) is 58.7 Å². The fourth-order valence-corrected chi connectivity index (χ4v) is 3.25. The number of ether oxygens (including phenoxy) is 2. The van der Waals surface area contributed by atoms with Crippen LogP contribution in [0, 0.1) is 13.8 Å². The summed E-state index contributed by atoms with van der Waals surface area (Å²) in [4.78, 5) is 52.4. The van der Waals surface area contributed by atoms with Gasteiger partial charge in [0.2, 0.25) is 5.91 Å². The maximum atomic E-state index is 13.2. The molecular weight excluding hydrogens is 414 g/mol. The van der Waals surface area contributed by atoms with Crippen LogP contribution in [-0.4, -0.2) is 40.9 Å². The van der Waals surface area contributed by atoms with Gasteiger partial charge in [-0.15, -0.1) is 0 Å². The van der Waals surface area contributed by atoms with Gasteiger partial charge in [-0.25, -0.2) is 9.59 Å². The third kappa shape index (κ3) is 5.75. The molecule has 1 heterocycles. The fourth-order valence-electron chi connectivity index (χ4n) is 3.25. The van der Waals surface area contributed by atoms with Crippen LogP contribution in [0.4, 0.5) is 4.79 Å². The number of esters is 1. The molecule has 0 aliphatic heterocycles. The van der Waals surface area contributed by atoms with Gasteiger partial charge in [0.05, 0.1) is 6.61 Å². The minimum atomic E-state index is -1.19. The Kier molecular flexibility index (Phi) is 7.45. The first-order valence-corrected chi connectivity index (χ1v) is 10.2. The fraction of sp³-hybridized carbons (Fsp3) is 0.391. The van der Waals surface area contributed by atoms with Crippen molar-refractivity contribution in [1.29, 1.82) is 0 Å². The van der Waals surface area contributed by atoms with Crippen LogP contribution >= 0.6 is 0 Å². The summed E-state index contributed by atoms with van der Waals surface area (Å²) < 4.78 is 10.2. The zero-order chi connectivity index (χ0) is 24.2. The van der Waals surface area contributed by atoms with Crippen LogP contribution < -0.4 is 11.1 Å². The number of primary amides is 1. The molecule has 1 aromatic heterocycles. The molecule has 1 unspecified atom stereocenters. The lowest BCUT2D eigenvalue weighted by Gasteiger charge is -2.22. The predicted octanol–water partition coefficient (Wildman–Crippen LogP) is 3.09. The van der Waals surface area contributed by atoms with Crippen LogP contribution in [-0.2, 0) is 14.3 Å². The van der Waals surface area contributed by atoms with E-state index in [9.17, 15) is 19.2 Å². The van der Waals surface area contributed by atoms with Crippen LogP contribution in [0.15, 0.2) is 24.3 Å². The van der Waals surface area contributed by atoms with Crippen molar-refractivity contribution in [3.05, 3.63) is 57.9 Å². The van der Waals surface area contributed by atoms with E-state index in [2.05, 4.69) is 10.3 Å². The number of nitrogens with one attached hydrogen (secondary N) is 2. The highest BCUT2D eigenvalue weighted by Crippen LogP contribution is 2.24. The van der Waals surface area contributed by atoms with Gasteiger partial charge < -0.3 is 25.5 Å². The second-order valence-corrected chi connectivity index (χ2v) is 8.28. The third-order valence-corrected chi connectivity index (χ3v) is 4.57. The van der Waals surface area contributed by atoms with E-state index in [1.807, 2.05) is 0 Å². The molecule has 1 atom stereocenters. The molecule has 0 saturated heterocycles. The molecular formula is C23H29N3O6. The molecule has 2 amide bonds. The monoisotopic (exact) mass is 443 g/mol. The number of hydrogen-bond acceptors (Lipinski definition) is 6. The second kappa shape index (κ2) is 9.67. The molecule has 2 rings (SSSR count). The first-order chi connectivity index (χ1) is 14.9. The van der Waals surface area contributed by atoms with Crippen molar-refractivity contribution in [2.45, 2.75) is 53.2 Å². The van der Waals surface area contributed by atoms with E-state index in [1.54, 1.807) is 59.7 Å². The highest BCUT2D eigenvalue weighted by atomic mass is 16.6. The molecule has 0 saturated carbocycles. The van der Waals surface area contributed by atoms with Crippen LogP contribution in [0.3, 0.4) is 0 Å². The van der Waals surface area contributed by atoms with Gasteiger partial charge >= 0.3 is 12.1 Å². The molecule has 0 fully saturated rings. The van der Waals surface area contributed by atoms with Crippen molar-refractivity contribution in [2.75, 3.05) is 6.61 Å². The summed E-state index contributed by atoms with van der Waals surface area (Å²) in [6.45, 7) is 10.3. The number of aromatic nitrogens is 1. The number of carbonyl (C=O) groups excluding carboxylic acids is 4. The quantitative estimate of drug-likeness (QED) is 0.444. The lowest BCUT2D eigenvalue weighted by Crippen LogP contribution is -2.40. The van der Waals surface area contributed by atoms with Crippen LogP contribution in [0.1, 0.15) is 77.0 Å². The first kappa shape index (κ1) is 24.6. The number of carbonyl (C=O) groups is 4. The molecule has 0 radical (unpaired) electrons. The molecule has 0 bridgehead atoms. The lowest BCUT2D eigenvalue weighted by atomic mass is 9.96. The zero-order valence-corrected chi connectivity index (χ0v) is 19.1. The van der Waals surface area contributed by atoms with Gasteiger partial charge in [-0.3, -0.25) is 9.59 Å². The summed E-state index contributed by atoms with van der Waals surface area (Å²) in [5.41, 5.74) is 6.84. The van der Waals surface area contributed by atoms with E-state index in [0.717, 1.165) is 0 Å². The van der Waals surface area contributed by atoms with E-state index in [4.69, 9.17) is 15.2 Å². The molecule has 0 aliphatic carbocycles. The highest BCUT2D eigenvalue weighted by Gasteiger charge is 2.27. The van der Waals surface area contributed by atoms with Crippen molar-refractivity contribution in [1.82, 2.24) is 10.3 Å². The van der Waals surface area contributed by atoms with Crippen LogP contribution in [0.2, 0.25) is 0 Å². The van der Waals surface area contributed by atoms with Crippen molar-refractivity contribution in [3.8, 4) is 0 Å². The summed E-state index contributed by atoms with van der Waals surface area (Å²) in [5.74, 6) is -1.70. The van der Waals surface area contributed by atoms with Crippen LogP contribution in [0.25, 0.3) is 0 Å². The Morgan fingerprint density at radius 3 is 2.38 bits per heavy atom. The molecule has 1 aromatic carbocycles. The average Bonchev–Trinajstić information content (AvgIpc) is 2.98. The number of hydrogen-bond donors (Lipinski definition) is 3. The van der Waals surface area contributed by atoms with Crippen molar-refractivity contribution in [2.24, 2.45) is 5.73 Å². The van der Waals surface area contributed by atoms with Gasteiger partial charge in [0.1, 0.15) is 17.3 Å². The Morgan fingerprint density at radius 1 is 1.16 bits per heavy atom. The molecule has 0 spiro atoms. The van der Waals surface area contributed by atoms with Gasteiger partial charge in [0.25, 0.3) is 0 Å². The Labute approximate surface area is 186 Å². The number of H-pyrrole nitrogens is 1. The number of aromatic amines is 1. The van der Waals surface area contributed by atoms with Crippen molar-refractivity contribution in [3.63, 3.8) is 0 Å². The number of rotatable bonds is 7. The molecule has 2 aromatic rings. The zero-order valence-electron chi connectivity index (χ0n) is 19.1. The summed E-state index contributed by atoms with van der Waals surface area (Å²) >= 11 is 0. The Hall–Kier alpha value is -3.62. The normalized spacial score (nSPS) is 12.1. The smallest absolute Gasteiger partial charge is 0.408 e. The topological polar surface area (TPSA) is 141 Å². The standard InChI is InChI=1S/C23H29N3O6/c1-7-31-21(29)17-12(2)16(13(3)25-17)19(27)15-10-8-9-14(11-15)18(20(24)28)26-22(30)32-23(4,5)6/h8-11,18,25H,7H2,1-6H3,(H2,24,28)(H,26,30). The van der Waals surface area contributed by atoms with Gasteiger partial charge in [-0.2, -0.15) is 0 Å². The minimum Gasteiger partial charge on any atom is -0.461 e. The summed E-state index contributed by atoms with van der Waals surface area (Å²) in [6.07, 6.45) is -0.811. The number of amides is 2. The Balaban J connectivity index is 2.38. The van der Waals surface area contributed by atoms with Crippen LogP contribution in [0.5, 0.6) is 0 Å². The van der Waals surface area contributed by atoms with E-state index < -0.39 is 29.6 Å². The molecule has 9 nitrogen and oxygen atoms in total. The maximum absolute atomic E-state index is 13.2. The third-order valence-electron chi connectivity index (χ3n) is 4.57. The average molecular weight is 444 g/mol. The number of aryl methyl sites for hydroxylation is 1. The maximum Gasteiger partial charge on any atom is 0.408 e. The van der Waals surface area contributed by atoms with Gasteiger partial charge in [-0.1, -0.05) is 18.2 Å². The molecule has 9 heteroatoms. The van der Waals surface area contributed by atoms with E-state index in [0.29, 0.717) is 22.4 Å². The first-order valence-electron chi connectivity index (χ1n) is 10.2. The summed E-state index contributed by atoms with van der Waals surface area (Å²) in [5, 5.41) is 2.44. The Morgan fingerprint density at radius 2 is 1.81 bits per heavy atom.